The monoisotopic (exact) mass is 233 g/mol. The Kier molecular flexibility index (Phi) is 3.15. The van der Waals surface area contributed by atoms with Gasteiger partial charge in [0, 0.05) is 5.56 Å². The summed E-state index contributed by atoms with van der Waals surface area (Å²) in [5, 5.41) is 13.2. The summed E-state index contributed by atoms with van der Waals surface area (Å²) >= 11 is 0. The van der Waals surface area contributed by atoms with E-state index in [1.807, 2.05) is 12.1 Å². The predicted octanol–water partition coefficient (Wildman–Crippen LogP) is 0.546. The summed E-state index contributed by atoms with van der Waals surface area (Å²) in [5.41, 5.74) is 1.38. The minimum absolute atomic E-state index is 0.0137. The van der Waals surface area contributed by atoms with Crippen LogP contribution in [0, 0.1) is 0 Å². The van der Waals surface area contributed by atoms with E-state index in [9.17, 15) is 9.90 Å². The molecule has 2 aromatic rings. The van der Waals surface area contributed by atoms with E-state index in [1.165, 1.54) is 18.1 Å². The van der Waals surface area contributed by atoms with Crippen LogP contribution in [0.15, 0.2) is 30.6 Å². The summed E-state index contributed by atoms with van der Waals surface area (Å²) < 4.78 is 5.94. The zero-order valence-electron chi connectivity index (χ0n) is 9.20. The van der Waals surface area contributed by atoms with Gasteiger partial charge in [-0.05, 0) is 6.07 Å². The maximum atomic E-state index is 11.2. The maximum Gasteiger partial charge on any atom is 0.377 e. The predicted molar refractivity (Wildman–Crippen MR) is 58.6 cm³/mol. The van der Waals surface area contributed by atoms with Crippen molar-refractivity contribution in [2.45, 2.75) is 6.61 Å². The number of rotatable bonds is 3. The van der Waals surface area contributed by atoms with E-state index >= 15 is 0 Å². The second-order valence-electron chi connectivity index (χ2n) is 3.29. The third-order valence-corrected chi connectivity index (χ3v) is 2.27. The molecule has 0 saturated carbocycles. The van der Waals surface area contributed by atoms with Crippen LogP contribution in [0.1, 0.15) is 16.2 Å². The Balaban J connectivity index is 2.40. The highest BCUT2D eigenvalue weighted by molar-refractivity contribution is 5.84. The van der Waals surface area contributed by atoms with Gasteiger partial charge < -0.3 is 9.84 Å². The molecule has 1 aromatic carbocycles. The topological polar surface area (TPSA) is 77.2 Å². The van der Waals surface area contributed by atoms with Crippen LogP contribution in [0.5, 0.6) is 0 Å². The molecule has 0 fully saturated rings. The van der Waals surface area contributed by atoms with Crippen molar-refractivity contribution in [3.8, 4) is 5.69 Å². The standard InChI is InChI=1S/C11H11N3O3/c1-17-11(16)10-12-7-14(13-10)9-5-3-2-4-8(9)6-15/h2-5,7,15H,6H2,1H3. The molecule has 0 aliphatic rings. The van der Waals surface area contributed by atoms with Crippen LogP contribution in [-0.2, 0) is 11.3 Å². The number of carbonyl (C=O) groups excluding carboxylic acids is 1. The number of nitrogens with zero attached hydrogens (tertiary/aromatic N) is 3. The number of hydrogen-bond acceptors (Lipinski definition) is 5. The normalized spacial score (nSPS) is 10.2. The number of hydrogen-bond donors (Lipinski definition) is 1. The molecule has 6 heteroatoms. The van der Waals surface area contributed by atoms with Crippen LogP contribution in [0.4, 0.5) is 0 Å². The SMILES string of the molecule is COC(=O)c1ncn(-c2ccccc2CO)n1. The van der Waals surface area contributed by atoms with E-state index in [1.54, 1.807) is 12.1 Å². The molecule has 1 N–H and O–H groups in total. The third kappa shape index (κ3) is 2.16. The van der Waals surface area contributed by atoms with Gasteiger partial charge in [0.1, 0.15) is 6.33 Å². The quantitative estimate of drug-likeness (QED) is 0.783. The molecule has 0 spiro atoms. The van der Waals surface area contributed by atoms with Crippen LogP contribution in [-0.4, -0.2) is 33.0 Å². The summed E-state index contributed by atoms with van der Waals surface area (Å²) in [5.74, 6) is -0.606. The Hall–Kier alpha value is -2.21. The Morgan fingerprint density at radius 2 is 2.24 bits per heavy atom. The summed E-state index contributed by atoms with van der Waals surface area (Å²) in [7, 11) is 1.27. The lowest BCUT2D eigenvalue weighted by atomic mass is 10.2. The second kappa shape index (κ2) is 4.75. The number of methoxy groups -OCH3 is 1. The van der Waals surface area contributed by atoms with Crippen molar-refractivity contribution in [2.24, 2.45) is 0 Å². The van der Waals surface area contributed by atoms with Gasteiger partial charge in [-0.25, -0.2) is 14.5 Å². The lowest BCUT2D eigenvalue weighted by molar-refractivity contribution is 0.0587. The van der Waals surface area contributed by atoms with Crippen molar-refractivity contribution in [3.63, 3.8) is 0 Å². The molecule has 0 radical (unpaired) electrons. The Bertz CT molecular complexity index is 536. The van der Waals surface area contributed by atoms with Crippen LogP contribution in [0.3, 0.4) is 0 Å². The highest BCUT2D eigenvalue weighted by Crippen LogP contribution is 2.13. The minimum atomic E-state index is -0.592. The van der Waals surface area contributed by atoms with E-state index < -0.39 is 5.97 Å². The Morgan fingerprint density at radius 3 is 2.94 bits per heavy atom. The number of aliphatic hydroxyl groups is 1. The smallest absolute Gasteiger partial charge is 0.377 e. The Labute approximate surface area is 97.5 Å². The van der Waals surface area contributed by atoms with Gasteiger partial charge in [-0.1, -0.05) is 18.2 Å². The lowest BCUT2D eigenvalue weighted by Crippen LogP contribution is -2.06. The van der Waals surface area contributed by atoms with Crippen molar-refractivity contribution < 1.29 is 14.6 Å². The molecule has 0 amide bonds. The van der Waals surface area contributed by atoms with E-state index in [4.69, 9.17) is 0 Å². The average molecular weight is 233 g/mol. The van der Waals surface area contributed by atoms with Crippen LogP contribution in [0.25, 0.3) is 5.69 Å². The zero-order chi connectivity index (χ0) is 12.3. The number of aromatic nitrogens is 3. The number of benzene rings is 1. The molecule has 0 aliphatic heterocycles. The molecule has 2 rings (SSSR count). The zero-order valence-corrected chi connectivity index (χ0v) is 9.20. The van der Waals surface area contributed by atoms with Crippen molar-refractivity contribution >= 4 is 5.97 Å². The molecule has 0 bridgehead atoms. The molecular formula is C11H11N3O3. The number of carbonyl (C=O) groups is 1. The highest BCUT2D eigenvalue weighted by atomic mass is 16.5. The van der Waals surface area contributed by atoms with Crippen molar-refractivity contribution in [1.29, 1.82) is 0 Å². The number of ether oxygens (including phenoxy) is 1. The highest BCUT2D eigenvalue weighted by Gasteiger charge is 2.13. The fraction of sp³-hybridized carbons (Fsp3) is 0.182. The van der Waals surface area contributed by atoms with Crippen molar-refractivity contribution in [2.75, 3.05) is 7.11 Å². The molecule has 1 heterocycles. The molecule has 0 saturated heterocycles. The fourth-order valence-electron chi connectivity index (χ4n) is 1.43. The van der Waals surface area contributed by atoms with Gasteiger partial charge in [-0.15, -0.1) is 5.10 Å². The molecule has 0 aliphatic carbocycles. The number of esters is 1. The second-order valence-corrected chi connectivity index (χ2v) is 3.29. The van der Waals surface area contributed by atoms with E-state index in [0.717, 1.165) is 0 Å². The molecule has 6 nitrogen and oxygen atoms in total. The van der Waals surface area contributed by atoms with Gasteiger partial charge in [0.2, 0.25) is 0 Å². The van der Waals surface area contributed by atoms with Gasteiger partial charge in [-0.2, -0.15) is 0 Å². The largest absolute Gasteiger partial charge is 0.463 e. The van der Waals surface area contributed by atoms with Gasteiger partial charge in [-0.3, -0.25) is 0 Å². The minimum Gasteiger partial charge on any atom is -0.463 e. The molecule has 1 aromatic heterocycles. The first-order chi connectivity index (χ1) is 8.26. The Morgan fingerprint density at radius 1 is 1.47 bits per heavy atom. The summed E-state index contributed by atoms with van der Waals surface area (Å²) in [6, 6.07) is 7.18. The van der Waals surface area contributed by atoms with Gasteiger partial charge in [0.25, 0.3) is 5.82 Å². The van der Waals surface area contributed by atoms with E-state index in [2.05, 4.69) is 14.8 Å². The van der Waals surface area contributed by atoms with Crippen molar-refractivity contribution in [3.05, 3.63) is 42.0 Å². The van der Waals surface area contributed by atoms with Gasteiger partial charge in [0.05, 0.1) is 19.4 Å². The summed E-state index contributed by atoms with van der Waals surface area (Å²) in [6.07, 6.45) is 1.40. The van der Waals surface area contributed by atoms with Crippen LogP contribution in [0.2, 0.25) is 0 Å². The maximum absolute atomic E-state index is 11.2. The molecule has 17 heavy (non-hydrogen) atoms. The molecular weight excluding hydrogens is 222 g/mol. The van der Waals surface area contributed by atoms with Gasteiger partial charge in [0.15, 0.2) is 0 Å². The molecule has 0 atom stereocenters. The third-order valence-electron chi connectivity index (χ3n) is 2.27. The number of aliphatic hydroxyl groups excluding tert-OH is 1. The number of para-hydroxylation sites is 1. The van der Waals surface area contributed by atoms with Crippen molar-refractivity contribution in [1.82, 2.24) is 14.8 Å². The fourth-order valence-corrected chi connectivity index (χ4v) is 1.43. The van der Waals surface area contributed by atoms with Crippen LogP contribution >= 0.6 is 0 Å². The average Bonchev–Trinajstić information content (AvgIpc) is 2.87. The first kappa shape index (κ1) is 11.3. The first-order valence-corrected chi connectivity index (χ1v) is 4.95. The van der Waals surface area contributed by atoms with E-state index in [0.29, 0.717) is 11.3 Å². The van der Waals surface area contributed by atoms with E-state index in [-0.39, 0.29) is 12.4 Å². The summed E-state index contributed by atoms with van der Waals surface area (Å²) in [4.78, 5) is 15.0. The van der Waals surface area contributed by atoms with Gasteiger partial charge >= 0.3 is 5.97 Å². The molecule has 0 unspecified atom stereocenters. The molecule has 88 valence electrons. The first-order valence-electron chi connectivity index (χ1n) is 4.95. The van der Waals surface area contributed by atoms with Crippen LogP contribution < -0.4 is 0 Å². The summed E-state index contributed by atoms with van der Waals surface area (Å²) in [6.45, 7) is -0.108. The lowest BCUT2D eigenvalue weighted by Gasteiger charge is -2.05.